The molecule has 2 rings (SSSR count). The molecule has 0 aromatic carbocycles. The van der Waals surface area contributed by atoms with Crippen molar-refractivity contribution in [2.75, 3.05) is 19.6 Å². The highest BCUT2D eigenvalue weighted by atomic mass is 16.2. The molecule has 0 radical (unpaired) electrons. The second-order valence-electron chi connectivity index (χ2n) is 5.05. The fourth-order valence-corrected chi connectivity index (χ4v) is 2.26. The smallest absolute Gasteiger partial charge is 0.242 e. The van der Waals surface area contributed by atoms with Crippen LogP contribution in [0.1, 0.15) is 26.2 Å². The average molecular weight is 239 g/mol. The summed E-state index contributed by atoms with van der Waals surface area (Å²) in [6.07, 6.45) is 2.75. The van der Waals surface area contributed by atoms with Gasteiger partial charge in [0, 0.05) is 12.5 Å². The Balaban J connectivity index is 1.85. The summed E-state index contributed by atoms with van der Waals surface area (Å²) >= 11 is 0. The van der Waals surface area contributed by atoms with Gasteiger partial charge in [-0.1, -0.05) is 6.92 Å². The van der Waals surface area contributed by atoms with E-state index in [0.717, 1.165) is 38.9 Å². The van der Waals surface area contributed by atoms with Gasteiger partial charge >= 0.3 is 0 Å². The van der Waals surface area contributed by atoms with Gasteiger partial charge in [-0.3, -0.25) is 9.59 Å². The summed E-state index contributed by atoms with van der Waals surface area (Å²) in [6, 6.07) is -0.333. The van der Waals surface area contributed by atoms with E-state index in [1.807, 2.05) is 6.92 Å². The molecule has 17 heavy (non-hydrogen) atoms. The molecule has 0 aliphatic carbocycles. The number of carbonyl (C=O) groups excluding carboxylic acids is 2. The van der Waals surface area contributed by atoms with Crippen LogP contribution >= 0.6 is 0 Å². The van der Waals surface area contributed by atoms with E-state index in [1.165, 1.54) is 0 Å². The lowest BCUT2D eigenvalue weighted by molar-refractivity contribution is -0.132. The van der Waals surface area contributed by atoms with Crippen LogP contribution in [0.2, 0.25) is 0 Å². The minimum Gasteiger partial charge on any atom is -0.354 e. The van der Waals surface area contributed by atoms with Crippen molar-refractivity contribution in [2.24, 2.45) is 11.8 Å². The van der Waals surface area contributed by atoms with Crippen molar-refractivity contribution in [1.82, 2.24) is 16.0 Å². The SMILES string of the molecule is CC(C(=O)NC1CCCCNC1=O)C1CNC1. The van der Waals surface area contributed by atoms with Gasteiger partial charge in [-0.25, -0.2) is 0 Å². The van der Waals surface area contributed by atoms with Gasteiger partial charge in [0.25, 0.3) is 0 Å². The first-order valence-corrected chi connectivity index (χ1v) is 6.47. The zero-order valence-corrected chi connectivity index (χ0v) is 10.3. The van der Waals surface area contributed by atoms with Gasteiger partial charge in [0.05, 0.1) is 0 Å². The van der Waals surface area contributed by atoms with Gasteiger partial charge in [-0.15, -0.1) is 0 Å². The van der Waals surface area contributed by atoms with Gasteiger partial charge in [-0.05, 0) is 38.3 Å². The third-order valence-electron chi connectivity index (χ3n) is 3.79. The van der Waals surface area contributed by atoms with Crippen molar-refractivity contribution >= 4 is 11.8 Å². The number of nitrogens with one attached hydrogen (secondary N) is 3. The Morgan fingerprint density at radius 1 is 1.41 bits per heavy atom. The van der Waals surface area contributed by atoms with Gasteiger partial charge in [-0.2, -0.15) is 0 Å². The third kappa shape index (κ3) is 2.97. The molecule has 0 saturated carbocycles. The minimum atomic E-state index is -0.333. The first-order chi connectivity index (χ1) is 8.18. The summed E-state index contributed by atoms with van der Waals surface area (Å²) in [6.45, 7) is 4.49. The van der Waals surface area contributed by atoms with E-state index in [4.69, 9.17) is 0 Å². The molecule has 2 atom stereocenters. The molecule has 3 N–H and O–H groups in total. The van der Waals surface area contributed by atoms with Crippen LogP contribution in [0, 0.1) is 11.8 Å². The highest BCUT2D eigenvalue weighted by Gasteiger charge is 2.31. The first kappa shape index (κ1) is 12.4. The van der Waals surface area contributed by atoms with Gasteiger partial charge in [0.2, 0.25) is 11.8 Å². The topological polar surface area (TPSA) is 70.2 Å². The van der Waals surface area contributed by atoms with E-state index in [2.05, 4.69) is 16.0 Å². The van der Waals surface area contributed by atoms with Crippen molar-refractivity contribution in [2.45, 2.75) is 32.2 Å². The molecule has 2 aliphatic heterocycles. The summed E-state index contributed by atoms with van der Waals surface area (Å²) < 4.78 is 0. The number of amides is 2. The highest BCUT2D eigenvalue weighted by Crippen LogP contribution is 2.16. The average Bonchev–Trinajstić information content (AvgIpc) is 2.42. The maximum atomic E-state index is 12.0. The van der Waals surface area contributed by atoms with Crippen molar-refractivity contribution in [1.29, 1.82) is 0 Å². The second-order valence-corrected chi connectivity index (χ2v) is 5.05. The Kier molecular flexibility index (Phi) is 3.99. The fourth-order valence-electron chi connectivity index (χ4n) is 2.26. The molecule has 0 spiro atoms. The predicted molar refractivity (Wildman–Crippen MR) is 64.3 cm³/mol. The Labute approximate surface area is 102 Å². The molecule has 2 heterocycles. The fraction of sp³-hybridized carbons (Fsp3) is 0.833. The largest absolute Gasteiger partial charge is 0.354 e. The number of rotatable bonds is 3. The van der Waals surface area contributed by atoms with Crippen LogP contribution in [0.5, 0.6) is 0 Å². The molecule has 2 amide bonds. The van der Waals surface area contributed by atoms with Crippen LogP contribution in [0.3, 0.4) is 0 Å². The zero-order chi connectivity index (χ0) is 12.3. The first-order valence-electron chi connectivity index (χ1n) is 6.47. The molecule has 5 heteroatoms. The van der Waals surface area contributed by atoms with E-state index in [0.29, 0.717) is 5.92 Å². The molecule has 96 valence electrons. The maximum Gasteiger partial charge on any atom is 0.242 e. The quantitative estimate of drug-likeness (QED) is 0.629. The lowest BCUT2D eigenvalue weighted by Gasteiger charge is -2.32. The lowest BCUT2D eigenvalue weighted by atomic mass is 9.88. The summed E-state index contributed by atoms with van der Waals surface area (Å²) in [5, 5.41) is 8.87. The summed E-state index contributed by atoms with van der Waals surface area (Å²) in [5.41, 5.74) is 0. The van der Waals surface area contributed by atoms with E-state index in [9.17, 15) is 9.59 Å². The van der Waals surface area contributed by atoms with Gasteiger partial charge in [0.15, 0.2) is 0 Å². The molecular formula is C12H21N3O2. The molecule has 2 aliphatic rings. The Morgan fingerprint density at radius 2 is 2.18 bits per heavy atom. The van der Waals surface area contributed by atoms with Crippen LogP contribution in [0.15, 0.2) is 0 Å². The monoisotopic (exact) mass is 239 g/mol. The third-order valence-corrected chi connectivity index (χ3v) is 3.79. The molecule has 0 aromatic rings. The van der Waals surface area contributed by atoms with Crippen LogP contribution in [-0.4, -0.2) is 37.5 Å². The van der Waals surface area contributed by atoms with Crippen molar-refractivity contribution in [3.8, 4) is 0 Å². The van der Waals surface area contributed by atoms with Crippen molar-refractivity contribution in [3.63, 3.8) is 0 Å². The molecule has 5 nitrogen and oxygen atoms in total. The second kappa shape index (κ2) is 5.49. The standard InChI is InChI=1S/C12H21N3O2/c1-8(9-6-13-7-9)11(16)15-10-4-2-3-5-14-12(10)17/h8-10,13H,2-7H2,1H3,(H,14,17)(H,15,16). The van der Waals surface area contributed by atoms with Crippen LogP contribution in [0.25, 0.3) is 0 Å². The molecule has 0 bridgehead atoms. The zero-order valence-electron chi connectivity index (χ0n) is 10.3. The predicted octanol–water partition coefficient (Wildman–Crippen LogP) is -0.373. The Hall–Kier alpha value is -1.10. The van der Waals surface area contributed by atoms with Crippen LogP contribution < -0.4 is 16.0 Å². The van der Waals surface area contributed by atoms with Crippen molar-refractivity contribution in [3.05, 3.63) is 0 Å². The lowest BCUT2D eigenvalue weighted by Crippen LogP contribution is -2.53. The van der Waals surface area contributed by atoms with E-state index in [-0.39, 0.29) is 23.8 Å². The molecular weight excluding hydrogens is 218 g/mol. The summed E-state index contributed by atoms with van der Waals surface area (Å²) in [4.78, 5) is 23.7. The maximum absolute atomic E-state index is 12.0. The number of hydrogen-bond acceptors (Lipinski definition) is 3. The normalized spacial score (nSPS) is 27.6. The summed E-state index contributed by atoms with van der Waals surface area (Å²) in [7, 11) is 0. The Morgan fingerprint density at radius 3 is 2.82 bits per heavy atom. The van der Waals surface area contributed by atoms with Crippen LogP contribution in [-0.2, 0) is 9.59 Å². The number of carbonyl (C=O) groups is 2. The molecule has 2 saturated heterocycles. The highest BCUT2D eigenvalue weighted by molar-refractivity contribution is 5.88. The molecule has 2 fully saturated rings. The van der Waals surface area contributed by atoms with E-state index < -0.39 is 0 Å². The molecule has 0 aromatic heterocycles. The Bertz CT molecular complexity index is 302. The van der Waals surface area contributed by atoms with E-state index in [1.54, 1.807) is 0 Å². The summed E-state index contributed by atoms with van der Waals surface area (Å²) in [5.74, 6) is 0.393. The van der Waals surface area contributed by atoms with Crippen LogP contribution in [0.4, 0.5) is 0 Å². The molecule has 2 unspecified atom stereocenters. The van der Waals surface area contributed by atoms with Crippen molar-refractivity contribution < 1.29 is 9.59 Å². The van der Waals surface area contributed by atoms with Gasteiger partial charge < -0.3 is 16.0 Å². The van der Waals surface area contributed by atoms with E-state index >= 15 is 0 Å². The number of hydrogen-bond donors (Lipinski definition) is 3. The minimum absolute atomic E-state index is 0.00713. The van der Waals surface area contributed by atoms with Gasteiger partial charge in [0.1, 0.15) is 6.04 Å².